The van der Waals surface area contributed by atoms with Gasteiger partial charge in [0.05, 0.1) is 12.8 Å². The lowest BCUT2D eigenvalue weighted by molar-refractivity contribution is -0.138. The molecule has 0 aliphatic carbocycles. The number of carboxylic acid groups (broad SMARTS) is 1. The molecule has 1 aromatic rings. The number of nitrogens with one attached hydrogen (secondary N) is 1. The maximum absolute atomic E-state index is 10.5. The molecule has 1 rings (SSSR count). The van der Waals surface area contributed by atoms with Crippen LogP contribution in [-0.4, -0.2) is 30.8 Å². The van der Waals surface area contributed by atoms with E-state index in [4.69, 9.17) is 15.6 Å². The normalized spacial score (nSPS) is 11.9. The number of hydrogen-bond donors (Lipinski definition) is 3. The fourth-order valence-corrected chi connectivity index (χ4v) is 1.10. The largest absolute Gasteiger partial charge is 0.495 e. The Balaban J connectivity index is 2.60. The van der Waals surface area contributed by atoms with E-state index in [0.29, 0.717) is 5.75 Å². The Kier molecular flexibility index (Phi) is 3.93. The highest BCUT2D eigenvalue weighted by Gasteiger charge is 2.11. The molecule has 0 saturated heterocycles. The number of aliphatic carboxylic acids is 1. The number of para-hydroxylation sites is 2. The first kappa shape index (κ1) is 11.3. The fourth-order valence-electron chi connectivity index (χ4n) is 1.10. The first-order valence-corrected chi connectivity index (χ1v) is 4.50. The summed E-state index contributed by atoms with van der Waals surface area (Å²) >= 11 is 0. The summed E-state index contributed by atoms with van der Waals surface area (Å²) in [6.07, 6.45) is 0. The van der Waals surface area contributed by atoms with E-state index >= 15 is 0 Å². The van der Waals surface area contributed by atoms with Gasteiger partial charge in [-0.3, -0.25) is 4.79 Å². The molecule has 0 bridgehead atoms. The molecule has 0 saturated carbocycles. The molecule has 82 valence electrons. The van der Waals surface area contributed by atoms with Crippen molar-refractivity contribution >= 4 is 11.7 Å². The van der Waals surface area contributed by atoms with Crippen LogP contribution in [0, 0.1) is 0 Å². The Hall–Kier alpha value is -1.75. The summed E-state index contributed by atoms with van der Waals surface area (Å²) in [7, 11) is 1.55. The zero-order chi connectivity index (χ0) is 11.3. The molecular weight excluding hydrogens is 196 g/mol. The number of ether oxygens (including phenoxy) is 1. The van der Waals surface area contributed by atoms with Crippen molar-refractivity contribution in [3.05, 3.63) is 24.3 Å². The lowest BCUT2D eigenvalue weighted by Gasteiger charge is -2.12. The van der Waals surface area contributed by atoms with Gasteiger partial charge in [-0.2, -0.15) is 0 Å². The van der Waals surface area contributed by atoms with Gasteiger partial charge >= 0.3 is 5.97 Å². The molecule has 1 atom stereocenters. The Labute approximate surface area is 87.9 Å². The van der Waals surface area contributed by atoms with Crippen molar-refractivity contribution in [2.24, 2.45) is 5.73 Å². The van der Waals surface area contributed by atoms with Gasteiger partial charge in [-0.1, -0.05) is 12.1 Å². The van der Waals surface area contributed by atoms with Crippen molar-refractivity contribution in [3.8, 4) is 5.75 Å². The van der Waals surface area contributed by atoms with Crippen LogP contribution in [0.1, 0.15) is 0 Å². The van der Waals surface area contributed by atoms with Crippen LogP contribution >= 0.6 is 0 Å². The third-order valence-corrected chi connectivity index (χ3v) is 1.94. The second-order valence-electron chi connectivity index (χ2n) is 3.03. The molecule has 0 fully saturated rings. The Morgan fingerprint density at radius 3 is 2.87 bits per heavy atom. The van der Waals surface area contributed by atoms with Crippen LogP contribution < -0.4 is 15.8 Å². The van der Waals surface area contributed by atoms with Gasteiger partial charge in [0.2, 0.25) is 0 Å². The topological polar surface area (TPSA) is 84.6 Å². The summed E-state index contributed by atoms with van der Waals surface area (Å²) in [6, 6.07) is 6.33. The summed E-state index contributed by atoms with van der Waals surface area (Å²) in [5, 5.41) is 11.5. The Morgan fingerprint density at radius 1 is 1.60 bits per heavy atom. The molecule has 0 radical (unpaired) electrons. The number of carboxylic acids is 1. The number of anilines is 1. The number of methoxy groups -OCH3 is 1. The predicted molar refractivity (Wildman–Crippen MR) is 57.1 cm³/mol. The van der Waals surface area contributed by atoms with E-state index in [1.165, 1.54) is 0 Å². The summed E-state index contributed by atoms with van der Waals surface area (Å²) in [5.41, 5.74) is 6.09. The van der Waals surface area contributed by atoms with Crippen LogP contribution in [-0.2, 0) is 4.79 Å². The molecule has 1 aromatic carbocycles. The second kappa shape index (κ2) is 5.21. The molecule has 0 spiro atoms. The van der Waals surface area contributed by atoms with E-state index in [0.717, 1.165) is 5.69 Å². The lowest BCUT2D eigenvalue weighted by Crippen LogP contribution is -2.36. The van der Waals surface area contributed by atoms with E-state index in [-0.39, 0.29) is 6.54 Å². The summed E-state index contributed by atoms with van der Waals surface area (Å²) in [6.45, 7) is 0.162. The average Bonchev–Trinajstić information content (AvgIpc) is 2.26. The minimum absolute atomic E-state index is 0.162. The summed E-state index contributed by atoms with van der Waals surface area (Å²) < 4.78 is 5.09. The number of benzene rings is 1. The van der Waals surface area contributed by atoms with E-state index in [9.17, 15) is 4.79 Å². The van der Waals surface area contributed by atoms with Gasteiger partial charge in [-0.05, 0) is 12.1 Å². The zero-order valence-corrected chi connectivity index (χ0v) is 8.43. The lowest BCUT2D eigenvalue weighted by atomic mass is 10.2. The van der Waals surface area contributed by atoms with Crippen LogP contribution in [0.4, 0.5) is 5.69 Å². The first-order chi connectivity index (χ1) is 7.15. The van der Waals surface area contributed by atoms with E-state index in [1.807, 2.05) is 12.1 Å². The minimum Gasteiger partial charge on any atom is -0.495 e. The fraction of sp³-hybridized carbons (Fsp3) is 0.300. The van der Waals surface area contributed by atoms with Gasteiger partial charge in [0.15, 0.2) is 0 Å². The van der Waals surface area contributed by atoms with Crippen LogP contribution in [0.25, 0.3) is 0 Å². The van der Waals surface area contributed by atoms with Crippen LogP contribution in [0.5, 0.6) is 5.75 Å². The number of nitrogens with two attached hydrogens (primary N) is 1. The first-order valence-electron chi connectivity index (χ1n) is 4.50. The molecule has 15 heavy (non-hydrogen) atoms. The van der Waals surface area contributed by atoms with E-state index < -0.39 is 12.0 Å². The molecule has 4 N–H and O–H groups in total. The molecule has 0 heterocycles. The Morgan fingerprint density at radius 2 is 2.27 bits per heavy atom. The molecule has 5 nitrogen and oxygen atoms in total. The molecule has 0 amide bonds. The van der Waals surface area contributed by atoms with Gasteiger partial charge in [0.1, 0.15) is 11.8 Å². The third kappa shape index (κ3) is 3.14. The van der Waals surface area contributed by atoms with Gasteiger partial charge in [0, 0.05) is 6.54 Å². The monoisotopic (exact) mass is 210 g/mol. The minimum atomic E-state index is -1.03. The van der Waals surface area contributed by atoms with Gasteiger partial charge in [-0.25, -0.2) is 0 Å². The molecule has 5 heteroatoms. The highest BCUT2D eigenvalue weighted by molar-refractivity contribution is 5.74. The van der Waals surface area contributed by atoms with Crippen LogP contribution in [0.2, 0.25) is 0 Å². The van der Waals surface area contributed by atoms with Gasteiger partial charge in [-0.15, -0.1) is 0 Å². The predicted octanol–water partition coefficient (Wildman–Crippen LogP) is 0.519. The Bertz CT molecular complexity index is 341. The maximum atomic E-state index is 10.5. The highest BCUT2D eigenvalue weighted by Crippen LogP contribution is 2.22. The van der Waals surface area contributed by atoms with Crippen molar-refractivity contribution in [3.63, 3.8) is 0 Å². The highest BCUT2D eigenvalue weighted by atomic mass is 16.5. The van der Waals surface area contributed by atoms with Crippen molar-refractivity contribution in [2.45, 2.75) is 6.04 Å². The summed E-state index contributed by atoms with van der Waals surface area (Å²) in [5.74, 6) is -0.368. The van der Waals surface area contributed by atoms with Gasteiger partial charge < -0.3 is 20.9 Å². The zero-order valence-electron chi connectivity index (χ0n) is 8.43. The van der Waals surface area contributed by atoms with E-state index in [1.54, 1.807) is 19.2 Å². The van der Waals surface area contributed by atoms with Gasteiger partial charge in [0.25, 0.3) is 0 Å². The van der Waals surface area contributed by atoms with Crippen LogP contribution in [0.3, 0.4) is 0 Å². The van der Waals surface area contributed by atoms with Crippen molar-refractivity contribution in [1.29, 1.82) is 0 Å². The smallest absolute Gasteiger partial charge is 0.322 e. The third-order valence-electron chi connectivity index (χ3n) is 1.94. The summed E-state index contributed by atoms with van der Waals surface area (Å²) in [4.78, 5) is 10.5. The van der Waals surface area contributed by atoms with E-state index in [2.05, 4.69) is 5.32 Å². The molecule has 0 aliphatic rings. The molecule has 1 unspecified atom stereocenters. The van der Waals surface area contributed by atoms with Crippen molar-refractivity contribution in [2.75, 3.05) is 19.0 Å². The van der Waals surface area contributed by atoms with Crippen molar-refractivity contribution in [1.82, 2.24) is 0 Å². The molecular formula is C10H14N2O3. The maximum Gasteiger partial charge on any atom is 0.322 e. The quantitative estimate of drug-likeness (QED) is 0.659. The number of rotatable bonds is 5. The molecule has 0 aliphatic heterocycles. The SMILES string of the molecule is COc1ccccc1NCC(N)C(=O)O. The van der Waals surface area contributed by atoms with Crippen LogP contribution in [0.15, 0.2) is 24.3 Å². The standard InChI is InChI=1S/C10H14N2O3/c1-15-9-5-3-2-4-8(9)12-6-7(11)10(13)14/h2-5,7,12H,6,11H2,1H3,(H,13,14). The molecule has 0 aromatic heterocycles. The van der Waals surface area contributed by atoms with Crippen molar-refractivity contribution < 1.29 is 14.6 Å². The second-order valence-corrected chi connectivity index (χ2v) is 3.03. The number of hydrogen-bond acceptors (Lipinski definition) is 4. The number of carbonyl (C=O) groups is 1. The average molecular weight is 210 g/mol.